The van der Waals surface area contributed by atoms with Crippen LogP contribution in [0.2, 0.25) is 0 Å². The molecule has 0 aliphatic rings. The van der Waals surface area contributed by atoms with Crippen LogP contribution in [0.5, 0.6) is 0 Å². The molecule has 4 aromatic rings. The fourth-order valence-electron chi connectivity index (χ4n) is 2.79. The summed E-state index contributed by atoms with van der Waals surface area (Å²) in [4.78, 5) is 29.4. The maximum absolute atomic E-state index is 13.4. The number of furan rings is 1. The molecule has 0 saturated carbocycles. The first-order valence-corrected chi connectivity index (χ1v) is 8.57. The second-order valence-electron chi connectivity index (χ2n) is 6.08. The van der Waals surface area contributed by atoms with E-state index in [1.54, 1.807) is 36.5 Å². The van der Waals surface area contributed by atoms with E-state index in [-0.39, 0.29) is 23.8 Å². The van der Waals surface area contributed by atoms with Gasteiger partial charge in [-0.2, -0.15) is 0 Å². The van der Waals surface area contributed by atoms with Gasteiger partial charge in [-0.05, 0) is 36.4 Å². The molecule has 146 valence electrons. The summed E-state index contributed by atoms with van der Waals surface area (Å²) in [5.41, 5.74) is 0.420. The minimum Gasteiger partial charge on any atom is -0.467 e. The molecule has 9 heteroatoms. The van der Waals surface area contributed by atoms with Crippen molar-refractivity contribution in [2.45, 2.75) is 6.54 Å². The van der Waals surface area contributed by atoms with Gasteiger partial charge in [-0.15, -0.1) is 0 Å². The van der Waals surface area contributed by atoms with Crippen LogP contribution in [0.4, 0.5) is 14.5 Å². The highest BCUT2D eigenvalue weighted by atomic mass is 19.2. The molecule has 0 atom stereocenters. The van der Waals surface area contributed by atoms with Crippen molar-refractivity contribution in [1.82, 2.24) is 14.7 Å². The van der Waals surface area contributed by atoms with Crippen molar-refractivity contribution in [3.63, 3.8) is 0 Å². The minimum atomic E-state index is -1.09. The Hall–Kier alpha value is -4.01. The summed E-state index contributed by atoms with van der Waals surface area (Å²) >= 11 is 0. The summed E-state index contributed by atoms with van der Waals surface area (Å²) in [5, 5.41) is 5.13. The maximum Gasteiger partial charge on any atom is 0.288 e. The highest BCUT2D eigenvalue weighted by Crippen LogP contribution is 2.18. The van der Waals surface area contributed by atoms with Gasteiger partial charge >= 0.3 is 0 Å². The number of anilines is 1. The molecule has 29 heavy (non-hydrogen) atoms. The number of nitrogens with zero attached hydrogens (tertiary/aromatic N) is 2. The van der Waals surface area contributed by atoms with Crippen LogP contribution in [0.25, 0.3) is 5.52 Å². The molecule has 0 aliphatic carbocycles. The van der Waals surface area contributed by atoms with Crippen LogP contribution in [0, 0.1) is 11.6 Å². The van der Waals surface area contributed by atoms with E-state index in [0.29, 0.717) is 11.3 Å². The van der Waals surface area contributed by atoms with E-state index >= 15 is 0 Å². The van der Waals surface area contributed by atoms with Gasteiger partial charge in [0.1, 0.15) is 5.76 Å². The summed E-state index contributed by atoms with van der Waals surface area (Å²) in [5.74, 6) is -2.71. The third-order valence-electron chi connectivity index (χ3n) is 4.15. The van der Waals surface area contributed by atoms with Gasteiger partial charge in [0.2, 0.25) is 5.82 Å². The zero-order chi connectivity index (χ0) is 20.4. The first-order valence-electron chi connectivity index (χ1n) is 8.57. The third kappa shape index (κ3) is 3.70. The van der Waals surface area contributed by atoms with Gasteiger partial charge < -0.3 is 15.1 Å². The van der Waals surface area contributed by atoms with Gasteiger partial charge in [-0.25, -0.2) is 13.8 Å². The van der Waals surface area contributed by atoms with E-state index in [0.717, 1.165) is 12.1 Å². The number of rotatable bonds is 5. The second kappa shape index (κ2) is 7.55. The Bertz CT molecular complexity index is 1200. The number of carbonyl (C=O) groups is 2. The first-order chi connectivity index (χ1) is 14.0. The van der Waals surface area contributed by atoms with Gasteiger partial charge in [0.25, 0.3) is 11.8 Å². The minimum absolute atomic E-state index is 0.00240. The molecule has 0 spiro atoms. The van der Waals surface area contributed by atoms with Crippen molar-refractivity contribution >= 4 is 23.0 Å². The monoisotopic (exact) mass is 396 g/mol. The molecule has 4 rings (SSSR count). The average Bonchev–Trinajstić information content (AvgIpc) is 3.37. The van der Waals surface area contributed by atoms with Gasteiger partial charge in [-0.1, -0.05) is 6.07 Å². The fourth-order valence-corrected chi connectivity index (χ4v) is 2.79. The first kappa shape index (κ1) is 18.4. The van der Waals surface area contributed by atoms with E-state index in [1.165, 1.54) is 16.7 Å². The number of hydrogen-bond donors (Lipinski definition) is 2. The van der Waals surface area contributed by atoms with Gasteiger partial charge in [0.05, 0.1) is 18.3 Å². The molecule has 0 saturated heterocycles. The predicted octanol–water partition coefficient (Wildman–Crippen LogP) is 3.39. The van der Waals surface area contributed by atoms with Crippen LogP contribution >= 0.6 is 0 Å². The van der Waals surface area contributed by atoms with Crippen molar-refractivity contribution in [3.8, 4) is 0 Å². The number of carbonyl (C=O) groups excluding carboxylic acids is 2. The average molecular weight is 396 g/mol. The van der Waals surface area contributed by atoms with Crippen molar-refractivity contribution in [2.75, 3.05) is 5.32 Å². The molecule has 3 aromatic heterocycles. The molecule has 2 N–H and O–H groups in total. The summed E-state index contributed by atoms with van der Waals surface area (Å²) in [6.07, 6.45) is 3.09. The Labute approximate surface area is 163 Å². The van der Waals surface area contributed by atoms with Crippen LogP contribution in [0.3, 0.4) is 0 Å². The number of halogens is 2. The smallest absolute Gasteiger partial charge is 0.288 e. The molecule has 2 amide bonds. The van der Waals surface area contributed by atoms with Gasteiger partial charge in [0.15, 0.2) is 17.3 Å². The summed E-state index contributed by atoms with van der Waals surface area (Å²) in [7, 11) is 0. The Morgan fingerprint density at radius 1 is 1.03 bits per heavy atom. The summed E-state index contributed by atoms with van der Waals surface area (Å²) < 4.78 is 33.1. The molecular weight excluding hydrogens is 382 g/mol. The molecule has 0 radical (unpaired) electrons. The lowest BCUT2D eigenvalue weighted by atomic mass is 10.2. The quantitative estimate of drug-likeness (QED) is 0.541. The number of pyridine rings is 1. The lowest BCUT2D eigenvalue weighted by molar-refractivity contribution is 0.0937. The number of imidazole rings is 1. The van der Waals surface area contributed by atoms with Gasteiger partial charge in [0, 0.05) is 18.0 Å². The third-order valence-corrected chi connectivity index (χ3v) is 4.15. The SMILES string of the molecule is O=C(Nc1ccc(F)c(F)c1)c1nc(C(=O)NCc2ccco2)n2ccccc12. The lowest BCUT2D eigenvalue weighted by Crippen LogP contribution is -2.25. The van der Waals surface area contributed by atoms with E-state index in [9.17, 15) is 18.4 Å². The fraction of sp³-hybridized carbons (Fsp3) is 0.0500. The molecular formula is C20H14F2N4O3. The van der Waals surface area contributed by atoms with Crippen LogP contribution in [0.1, 0.15) is 26.9 Å². The van der Waals surface area contributed by atoms with E-state index in [1.807, 2.05) is 0 Å². The van der Waals surface area contributed by atoms with Crippen LogP contribution in [0.15, 0.2) is 65.4 Å². The van der Waals surface area contributed by atoms with Crippen molar-refractivity contribution in [1.29, 1.82) is 0 Å². The number of fused-ring (bicyclic) bond motifs is 1. The maximum atomic E-state index is 13.4. The zero-order valence-electron chi connectivity index (χ0n) is 14.9. The van der Waals surface area contributed by atoms with Crippen LogP contribution in [-0.4, -0.2) is 21.2 Å². The van der Waals surface area contributed by atoms with Crippen molar-refractivity contribution in [2.24, 2.45) is 0 Å². The normalized spacial score (nSPS) is 10.8. The standard InChI is InChI=1S/C20H14F2N4O3/c21-14-7-6-12(10-15(14)22)24-19(27)17-16-5-1-2-8-26(16)18(25-17)20(28)23-11-13-4-3-9-29-13/h1-10H,11H2,(H,23,28)(H,24,27). The highest BCUT2D eigenvalue weighted by Gasteiger charge is 2.22. The predicted molar refractivity (Wildman–Crippen MR) is 99.4 cm³/mol. The molecule has 3 heterocycles. The Morgan fingerprint density at radius 3 is 2.66 bits per heavy atom. The van der Waals surface area contributed by atoms with E-state index < -0.39 is 23.4 Å². The molecule has 1 aromatic carbocycles. The topological polar surface area (TPSA) is 88.6 Å². The van der Waals surface area contributed by atoms with Crippen LogP contribution < -0.4 is 10.6 Å². The highest BCUT2D eigenvalue weighted by molar-refractivity contribution is 6.08. The Kier molecular flexibility index (Phi) is 4.78. The summed E-state index contributed by atoms with van der Waals surface area (Å²) in [6.45, 7) is 0.157. The molecule has 0 aliphatic heterocycles. The molecule has 0 fully saturated rings. The van der Waals surface area contributed by atoms with Crippen LogP contribution in [-0.2, 0) is 6.54 Å². The van der Waals surface area contributed by atoms with Gasteiger partial charge in [-0.3, -0.25) is 14.0 Å². The molecule has 0 unspecified atom stereocenters. The Morgan fingerprint density at radius 2 is 1.90 bits per heavy atom. The summed E-state index contributed by atoms with van der Waals surface area (Å²) in [6, 6.07) is 11.4. The number of aromatic nitrogens is 2. The number of amides is 2. The number of nitrogens with one attached hydrogen (secondary N) is 2. The Balaban J connectivity index is 1.61. The zero-order valence-corrected chi connectivity index (χ0v) is 14.9. The molecule has 0 bridgehead atoms. The second-order valence-corrected chi connectivity index (χ2v) is 6.08. The van der Waals surface area contributed by atoms with Crippen molar-refractivity contribution in [3.05, 3.63) is 89.9 Å². The van der Waals surface area contributed by atoms with E-state index in [4.69, 9.17) is 4.42 Å². The number of benzene rings is 1. The molecule has 7 nitrogen and oxygen atoms in total. The number of hydrogen-bond acceptors (Lipinski definition) is 4. The lowest BCUT2D eigenvalue weighted by Gasteiger charge is -2.04. The van der Waals surface area contributed by atoms with E-state index in [2.05, 4.69) is 15.6 Å². The largest absolute Gasteiger partial charge is 0.467 e. The van der Waals surface area contributed by atoms with Crippen molar-refractivity contribution < 1.29 is 22.8 Å².